The molecule has 1 aromatic carbocycles. The third-order valence-corrected chi connectivity index (χ3v) is 7.03. The first kappa shape index (κ1) is 24.4. The third-order valence-electron chi connectivity index (χ3n) is 7.03. The molecule has 0 spiro atoms. The molecule has 2 heterocycles. The summed E-state index contributed by atoms with van der Waals surface area (Å²) in [4.78, 5) is 4.79. The van der Waals surface area contributed by atoms with Crippen molar-refractivity contribution in [1.29, 1.82) is 0 Å². The first-order chi connectivity index (χ1) is 16.5. The van der Waals surface area contributed by atoms with Crippen LogP contribution in [-0.4, -0.2) is 45.4 Å². The largest absolute Gasteiger partial charge is 0.486 e. The molecular formula is C26H38N6O2. The van der Waals surface area contributed by atoms with E-state index in [1.165, 1.54) is 5.56 Å². The molecule has 1 aliphatic carbocycles. The van der Waals surface area contributed by atoms with Crippen molar-refractivity contribution in [3.8, 4) is 5.75 Å². The first-order valence-electron chi connectivity index (χ1n) is 12.6. The van der Waals surface area contributed by atoms with Gasteiger partial charge in [0.05, 0.1) is 6.04 Å². The standard InChI is InChI=1S/C26H38N6O2/c1-18(2)20-7-6-8-22(15-20)34-17-25-30-31-26(32(25)3)19-10-12-21(13-11-19)28-16-23(29-27)24-9-4-5-14-33-24/h6-8,15-16,18-19,21,24H,4-5,9-14,17,27H2,1-3H3/b28-16?,29-23+/t19?,21?,24-/m0/s1. The van der Waals surface area contributed by atoms with Gasteiger partial charge in [0.25, 0.3) is 0 Å². The van der Waals surface area contributed by atoms with Gasteiger partial charge in [-0.15, -0.1) is 10.2 Å². The molecular weight excluding hydrogens is 428 g/mol. The Labute approximate surface area is 202 Å². The molecule has 8 heteroatoms. The predicted molar refractivity (Wildman–Crippen MR) is 135 cm³/mol. The Balaban J connectivity index is 1.29. The Morgan fingerprint density at radius 3 is 2.74 bits per heavy atom. The van der Waals surface area contributed by atoms with Gasteiger partial charge in [-0.2, -0.15) is 5.10 Å². The minimum atomic E-state index is -0.00836. The van der Waals surface area contributed by atoms with Crippen molar-refractivity contribution in [2.24, 2.45) is 23.0 Å². The molecule has 0 unspecified atom stereocenters. The molecule has 1 aromatic heterocycles. The number of nitrogens with two attached hydrogens (primary N) is 1. The summed E-state index contributed by atoms with van der Waals surface area (Å²) in [6, 6.07) is 8.56. The molecule has 0 amide bonds. The Bertz CT molecular complexity index is 985. The average Bonchev–Trinajstić information content (AvgIpc) is 3.24. The van der Waals surface area contributed by atoms with Crippen LogP contribution in [-0.2, 0) is 18.4 Å². The maximum absolute atomic E-state index is 6.02. The minimum Gasteiger partial charge on any atom is -0.486 e. The lowest BCUT2D eigenvalue weighted by Crippen LogP contribution is -2.30. The molecule has 184 valence electrons. The number of hydrogen-bond donors (Lipinski definition) is 1. The fraction of sp³-hybridized carbons (Fsp3) is 0.615. The van der Waals surface area contributed by atoms with Crippen LogP contribution in [0.1, 0.15) is 87.8 Å². The molecule has 0 radical (unpaired) electrons. The van der Waals surface area contributed by atoms with Crippen molar-refractivity contribution >= 4 is 11.9 Å². The SMILES string of the molecule is CC(C)c1cccc(OCc2nnc(C3CCC(N=C/C(=N\N)[C@@H]4CCCCO4)CC3)n2C)c1. The van der Waals surface area contributed by atoms with E-state index in [-0.39, 0.29) is 6.10 Å². The summed E-state index contributed by atoms with van der Waals surface area (Å²) < 4.78 is 13.9. The molecule has 2 aromatic rings. The lowest BCUT2D eigenvalue weighted by molar-refractivity contribution is 0.0598. The second kappa shape index (κ2) is 11.6. The maximum Gasteiger partial charge on any atom is 0.170 e. The average molecular weight is 467 g/mol. The number of hydrazone groups is 1. The van der Waals surface area contributed by atoms with E-state index in [0.717, 1.165) is 74.7 Å². The fourth-order valence-corrected chi connectivity index (χ4v) is 4.81. The van der Waals surface area contributed by atoms with E-state index in [4.69, 9.17) is 20.3 Å². The number of benzene rings is 1. The van der Waals surface area contributed by atoms with E-state index in [1.807, 2.05) is 25.4 Å². The van der Waals surface area contributed by atoms with Crippen LogP contribution in [0.2, 0.25) is 0 Å². The van der Waals surface area contributed by atoms with Crippen LogP contribution in [0.5, 0.6) is 5.75 Å². The maximum atomic E-state index is 6.02. The molecule has 1 saturated carbocycles. The van der Waals surface area contributed by atoms with E-state index in [9.17, 15) is 0 Å². The Kier molecular flexibility index (Phi) is 8.32. The Hall–Kier alpha value is -2.74. The van der Waals surface area contributed by atoms with Gasteiger partial charge in [-0.3, -0.25) is 4.99 Å². The smallest absolute Gasteiger partial charge is 0.170 e. The molecule has 8 nitrogen and oxygen atoms in total. The molecule has 4 rings (SSSR count). The lowest BCUT2D eigenvalue weighted by atomic mass is 9.85. The van der Waals surface area contributed by atoms with Crippen LogP contribution in [0.3, 0.4) is 0 Å². The van der Waals surface area contributed by atoms with Crippen LogP contribution in [0.25, 0.3) is 0 Å². The van der Waals surface area contributed by atoms with Crippen molar-refractivity contribution < 1.29 is 9.47 Å². The zero-order chi connectivity index (χ0) is 23.9. The molecule has 1 aliphatic heterocycles. The van der Waals surface area contributed by atoms with Crippen LogP contribution >= 0.6 is 0 Å². The number of rotatable bonds is 8. The van der Waals surface area contributed by atoms with Gasteiger partial charge in [0, 0.05) is 25.8 Å². The van der Waals surface area contributed by atoms with Gasteiger partial charge in [0.1, 0.15) is 30.0 Å². The van der Waals surface area contributed by atoms with Crippen LogP contribution < -0.4 is 10.6 Å². The fourth-order valence-electron chi connectivity index (χ4n) is 4.81. The van der Waals surface area contributed by atoms with Crippen molar-refractivity contribution in [1.82, 2.24) is 14.8 Å². The van der Waals surface area contributed by atoms with Crippen LogP contribution in [0, 0.1) is 0 Å². The van der Waals surface area contributed by atoms with E-state index in [1.54, 1.807) is 0 Å². The molecule has 2 N–H and O–H groups in total. The van der Waals surface area contributed by atoms with Gasteiger partial charge in [-0.25, -0.2) is 0 Å². The number of hydrogen-bond acceptors (Lipinski definition) is 7. The van der Waals surface area contributed by atoms with Crippen LogP contribution in [0.15, 0.2) is 34.4 Å². The predicted octanol–water partition coefficient (Wildman–Crippen LogP) is 4.50. The van der Waals surface area contributed by atoms with Gasteiger partial charge in [0.15, 0.2) is 5.82 Å². The highest BCUT2D eigenvalue weighted by atomic mass is 16.5. The molecule has 34 heavy (non-hydrogen) atoms. The Morgan fingerprint density at radius 1 is 1.21 bits per heavy atom. The monoisotopic (exact) mass is 466 g/mol. The summed E-state index contributed by atoms with van der Waals surface area (Å²) in [5.41, 5.74) is 2.03. The third kappa shape index (κ3) is 6.03. The Morgan fingerprint density at radius 2 is 2.03 bits per heavy atom. The summed E-state index contributed by atoms with van der Waals surface area (Å²) in [6.45, 7) is 5.56. The molecule has 0 bridgehead atoms. The highest BCUT2D eigenvalue weighted by Crippen LogP contribution is 2.33. The molecule has 2 aliphatic rings. The summed E-state index contributed by atoms with van der Waals surface area (Å²) >= 11 is 0. The second-order valence-corrected chi connectivity index (χ2v) is 9.74. The van der Waals surface area contributed by atoms with Crippen molar-refractivity contribution in [2.75, 3.05) is 6.61 Å². The molecule has 2 fully saturated rings. The van der Waals surface area contributed by atoms with Gasteiger partial charge in [-0.1, -0.05) is 26.0 Å². The molecule has 1 atom stereocenters. The minimum absolute atomic E-state index is 0.00836. The van der Waals surface area contributed by atoms with E-state index in [2.05, 4.69) is 45.8 Å². The number of aromatic nitrogens is 3. The van der Waals surface area contributed by atoms with Gasteiger partial charge >= 0.3 is 0 Å². The summed E-state index contributed by atoms with van der Waals surface area (Å²) in [5.74, 6) is 9.23. The number of aliphatic imine (C=N–C) groups is 1. The van der Waals surface area contributed by atoms with Crippen molar-refractivity contribution in [2.45, 2.75) is 89.4 Å². The topological polar surface area (TPSA) is 99.9 Å². The van der Waals surface area contributed by atoms with Gasteiger partial charge < -0.3 is 19.9 Å². The molecule has 1 saturated heterocycles. The van der Waals surface area contributed by atoms with Crippen molar-refractivity contribution in [3.05, 3.63) is 41.5 Å². The summed E-state index contributed by atoms with van der Waals surface area (Å²) in [7, 11) is 2.04. The first-order valence-corrected chi connectivity index (χ1v) is 12.6. The quantitative estimate of drug-likeness (QED) is 0.351. The lowest BCUT2D eigenvalue weighted by Gasteiger charge is -2.26. The van der Waals surface area contributed by atoms with Gasteiger partial charge in [-0.05, 0) is 68.6 Å². The highest BCUT2D eigenvalue weighted by Gasteiger charge is 2.26. The highest BCUT2D eigenvalue weighted by molar-refractivity contribution is 6.32. The van der Waals surface area contributed by atoms with Crippen LogP contribution in [0.4, 0.5) is 0 Å². The van der Waals surface area contributed by atoms with E-state index < -0.39 is 0 Å². The zero-order valence-electron chi connectivity index (χ0n) is 20.7. The summed E-state index contributed by atoms with van der Waals surface area (Å²) in [6.07, 6.45) is 9.18. The normalized spacial score (nSPS) is 24.1. The summed E-state index contributed by atoms with van der Waals surface area (Å²) in [5, 5.41) is 12.9. The number of nitrogens with zero attached hydrogens (tertiary/aromatic N) is 5. The van der Waals surface area contributed by atoms with Gasteiger partial charge in [0.2, 0.25) is 0 Å². The number of ether oxygens (including phenoxy) is 2. The van der Waals surface area contributed by atoms with E-state index in [0.29, 0.717) is 24.5 Å². The van der Waals surface area contributed by atoms with Crippen molar-refractivity contribution in [3.63, 3.8) is 0 Å². The van der Waals surface area contributed by atoms with E-state index >= 15 is 0 Å². The zero-order valence-corrected chi connectivity index (χ0v) is 20.7. The second-order valence-electron chi connectivity index (χ2n) is 9.74.